The van der Waals surface area contributed by atoms with Gasteiger partial charge in [-0.1, -0.05) is 13.8 Å². The van der Waals surface area contributed by atoms with Gasteiger partial charge in [-0.15, -0.1) is 0 Å². The molecule has 0 aliphatic rings. The first-order chi connectivity index (χ1) is 9.60. The van der Waals surface area contributed by atoms with Crippen LogP contribution in [-0.2, 0) is 9.53 Å². The Labute approximate surface area is 133 Å². The highest BCUT2D eigenvalue weighted by Gasteiger charge is 2.29. The van der Waals surface area contributed by atoms with Crippen LogP contribution in [-0.4, -0.2) is 28.5 Å². The minimum Gasteiger partial charge on any atom is -0.458 e. The fourth-order valence-corrected chi connectivity index (χ4v) is 1.83. The molecule has 0 unspecified atom stereocenters. The van der Waals surface area contributed by atoms with Gasteiger partial charge in [0.05, 0.1) is 5.56 Å². The van der Waals surface area contributed by atoms with Crippen molar-refractivity contribution in [1.29, 1.82) is 0 Å². The molecule has 0 saturated carbocycles. The van der Waals surface area contributed by atoms with Crippen molar-refractivity contribution in [1.82, 2.24) is 10.3 Å². The highest BCUT2D eigenvalue weighted by Crippen LogP contribution is 2.13. The van der Waals surface area contributed by atoms with Gasteiger partial charge in [0.2, 0.25) is 0 Å². The second-order valence-corrected chi connectivity index (χ2v) is 6.91. The van der Waals surface area contributed by atoms with E-state index in [4.69, 9.17) is 4.74 Å². The average Bonchev–Trinajstić information content (AvgIpc) is 2.33. The van der Waals surface area contributed by atoms with Crippen molar-refractivity contribution >= 4 is 27.8 Å². The molecule has 1 N–H and O–H groups in total. The SMILES string of the molecule is CC(C)[C@@H](NC(=O)c1ccc(Br)nc1)C(=O)OC(C)(C)C. The quantitative estimate of drug-likeness (QED) is 0.665. The van der Waals surface area contributed by atoms with Crippen molar-refractivity contribution < 1.29 is 14.3 Å². The Bertz CT molecular complexity index is 507. The van der Waals surface area contributed by atoms with Crippen molar-refractivity contribution in [3.63, 3.8) is 0 Å². The second-order valence-electron chi connectivity index (χ2n) is 6.10. The topological polar surface area (TPSA) is 68.3 Å². The molecule has 0 aliphatic heterocycles. The first kappa shape index (κ1) is 17.6. The predicted octanol–water partition coefficient (Wildman–Crippen LogP) is 2.94. The number of hydrogen-bond acceptors (Lipinski definition) is 4. The van der Waals surface area contributed by atoms with Gasteiger partial charge in [-0.25, -0.2) is 9.78 Å². The number of nitrogens with one attached hydrogen (secondary N) is 1. The molecule has 0 aliphatic carbocycles. The van der Waals surface area contributed by atoms with Crippen LogP contribution in [0.4, 0.5) is 0 Å². The fourth-order valence-electron chi connectivity index (χ4n) is 1.60. The van der Waals surface area contributed by atoms with Gasteiger partial charge >= 0.3 is 5.97 Å². The van der Waals surface area contributed by atoms with Gasteiger partial charge in [0, 0.05) is 6.20 Å². The lowest BCUT2D eigenvalue weighted by Crippen LogP contribution is -2.47. The predicted molar refractivity (Wildman–Crippen MR) is 83.9 cm³/mol. The summed E-state index contributed by atoms with van der Waals surface area (Å²) in [7, 11) is 0. The number of carbonyl (C=O) groups excluding carboxylic acids is 2. The van der Waals surface area contributed by atoms with Gasteiger partial charge in [0.1, 0.15) is 16.2 Å². The number of pyridine rings is 1. The number of rotatable bonds is 4. The molecule has 1 amide bonds. The van der Waals surface area contributed by atoms with Gasteiger partial charge in [0.25, 0.3) is 5.91 Å². The number of esters is 1. The van der Waals surface area contributed by atoms with Crippen molar-refractivity contribution in [2.24, 2.45) is 5.92 Å². The van der Waals surface area contributed by atoms with Crippen molar-refractivity contribution in [3.8, 4) is 0 Å². The number of aromatic nitrogens is 1. The van der Waals surface area contributed by atoms with Crippen LogP contribution in [0.2, 0.25) is 0 Å². The first-order valence-electron chi connectivity index (χ1n) is 6.75. The summed E-state index contributed by atoms with van der Waals surface area (Å²) in [5, 5.41) is 2.71. The molecular formula is C15H21BrN2O3. The number of hydrogen-bond donors (Lipinski definition) is 1. The minimum absolute atomic E-state index is 0.0767. The normalized spacial score (nSPS) is 12.9. The number of carbonyl (C=O) groups is 2. The summed E-state index contributed by atoms with van der Waals surface area (Å²) in [4.78, 5) is 28.3. The molecule has 1 rings (SSSR count). The van der Waals surface area contributed by atoms with E-state index in [2.05, 4.69) is 26.2 Å². The maximum atomic E-state index is 12.2. The Morgan fingerprint density at radius 1 is 1.29 bits per heavy atom. The molecule has 1 aromatic heterocycles. The summed E-state index contributed by atoms with van der Waals surface area (Å²) in [6, 6.07) is 2.62. The van der Waals surface area contributed by atoms with Gasteiger partial charge in [-0.05, 0) is 54.8 Å². The Hall–Kier alpha value is -1.43. The highest BCUT2D eigenvalue weighted by molar-refractivity contribution is 9.10. The molecule has 0 spiro atoms. The van der Waals surface area contributed by atoms with Crippen LogP contribution < -0.4 is 5.32 Å². The summed E-state index contributed by atoms with van der Waals surface area (Å²) < 4.78 is 5.99. The zero-order valence-electron chi connectivity index (χ0n) is 12.9. The lowest BCUT2D eigenvalue weighted by molar-refractivity contribution is -0.158. The monoisotopic (exact) mass is 356 g/mol. The van der Waals surface area contributed by atoms with E-state index >= 15 is 0 Å². The number of nitrogens with zero attached hydrogens (tertiary/aromatic N) is 1. The van der Waals surface area contributed by atoms with Crippen LogP contribution in [0, 0.1) is 5.92 Å². The molecule has 1 atom stereocenters. The number of amides is 1. The van der Waals surface area contributed by atoms with E-state index in [9.17, 15) is 9.59 Å². The van der Waals surface area contributed by atoms with Gasteiger partial charge in [-0.2, -0.15) is 0 Å². The van der Waals surface area contributed by atoms with Crippen LogP contribution in [0.25, 0.3) is 0 Å². The minimum atomic E-state index is -0.694. The van der Waals surface area contributed by atoms with Crippen LogP contribution in [0.15, 0.2) is 22.9 Å². The number of halogens is 1. The second kappa shape index (κ2) is 7.02. The van der Waals surface area contributed by atoms with Crippen molar-refractivity contribution in [3.05, 3.63) is 28.5 Å². The molecule has 0 saturated heterocycles. The Balaban J connectivity index is 2.81. The third-order valence-electron chi connectivity index (χ3n) is 2.60. The lowest BCUT2D eigenvalue weighted by Gasteiger charge is -2.26. The van der Waals surface area contributed by atoms with E-state index in [1.165, 1.54) is 6.20 Å². The molecule has 116 valence electrons. The van der Waals surface area contributed by atoms with Gasteiger partial charge in [0.15, 0.2) is 0 Å². The third kappa shape index (κ3) is 5.83. The van der Waals surface area contributed by atoms with E-state index in [-0.39, 0.29) is 11.8 Å². The molecule has 6 heteroatoms. The maximum Gasteiger partial charge on any atom is 0.329 e. The van der Waals surface area contributed by atoms with Crippen molar-refractivity contribution in [2.45, 2.75) is 46.3 Å². The Morgan fingerprint density at radius 3 is 2.33 bits per heavy atom. The molecular weight excluding hydrogens is 336 g/mol. The van der Waals surface area contributed by atoms with E-state index in [0.29, 0.717) is 10.2 Å². The van der Waals surface area contributed by atoms with E-state index in [1.54, 1.807) is 32.9 Å². The largest absolute Gasteiger partial charge is 0.458 e. The maximum absolute atomic E-state index is 12.2. The van der Waals surface area contributed by atoms with Crippen molar-refractivity contribution in [2.75, 3.05) is 0 Å². The van der Waals surface area contributed by atoms with E-state index < -0.39 is 17.6 Å². The Kier molecular flexibility index (Phi) is 5.89. The van der Waals surface area contributed by atoms with Crippen LogP contribution in [0.3, 0.4) is 0 Å². The van der Waals surface area contributed by atoms with E-state index in [1.807, 2.05) is 13.8 Å². The number of ether oxygens (including phenoxy) is 1. The summed E-state index contributed by atoms with van der Waals surface area (Å²) >= 11 is 3.21. The molecule has 0 radical (unpaired) electrons. The fraction of sp³-hybridized carbons (Fsp3) is 0.533. The zero-order valence-corrected chi connectivity index (χ0v) is 14.5. The molecule has 0 aromatic carbocycles. The average molecular weight is 357 g/mol. The molecule has 5 nitrogen and oxygen atoms in total. The summed E-state index contributed by atoms with van der Waals surface area (Å²) in [5.41, 5.74) is -0.193. The first-order valence-corrected chi connectivity index (χ1v) is 7.55. The van der Waals surface area contributed by atoms with Crippen LogP contribution in [0.1, 0.15) is 45.0 Å². The molecule has 0 fully saturated rings. The van der Waals surface area contributed by atoms with Crippen LogP contribution >= 0.6 is 15.9 Å². The summed E-state index contributed by atoms with van der Waals surface area (Å²) in [6.07, 6.45) is 1.45. The summed E-state index contributed by atoms with van der Waals surface area (Å²) in [5.74, 6) is -0.859. The van der Waals surface area contributed by atoms with Gasteiger partial charge in [-0.3, -0.25) is 4.79 Å². The molecule has 1 aromatic rings. The molecule has 0 bridgehead atoms. The summed E-state index contributed by atoms with van der Waals surface area (Å²) in [6.45, 7) is 9.09. The lowest BCUT2D eigenvalue weighted by atomic mass is 10.0. The van der Waals surface area contributed by atoms with Gasteiger partial charge < -0.3 is 10.1 Å². The standard InChI is InChI=1S/C15H21BrN2O3/c1-9(2)12(14(20)21-15(3,4)5)18-13(19)10-6-7-11(16)17-8-10/h6-9,12H,1-5H3,(H,18,19)/t12-/m1/s1. The highest BCUT2D eigenvalue weighted by atomic mass is 79.9. The molecule has 21 heavy (non-hydrogen) atoms. The smallest absolute Gasteiger partial charge is 0.329 e. The zero-order chi connectivity index (χ0) is 16.2. The molecule has 1 heterocycles. The third-order valence-corrected chi connectivity index (χ3v) is 3.07. The van der Waals surface area contributed by atoms with Crippen LogP contribution in [0.5, 0.6) is 0 Å². The Morgan fingerprint density at radius 2 is 1.90 bits per heavy atom. The van der Waals surface area contributed by atoms with E-state index in [0.717, 1.165) is 0 Å².